The summed E-state index contributed by atoms with van der Waals surface area (Å²) in [5.74, 6) is -0.0839. The largest absolute Gasteiger partial charge is 0.393 e. The molecule has 0 aliphatic heterocycles. The van der Waals surface area contributed by atoms with Crippen molar-refractivity contribution in [3.05, 3.63) is 24.0 Å². The van der Waals surface area contributed by atoms with E-state index in [4.69, 9.17) is 0 Å². The summed E-state index contributed by atoms with van der Waals surface area (Å²) in [6, 6.07) is 2.48. The highest BCUT2D eigenvalue weighted by molar-refractivity contribution is 5.97. The molecule has 6 nitrogen and oxygen atoms in total. The van der Waals surface area contributed by atoms with Crippen LogP contribution in [0.4, 0.5) is 0 Å². The minimum absolute atomic E-state index is 0.0839. The van der Waals surface area contributed by atoms with Crippen molar-refractivity contribution in [1.82, 2.24) is 20.1 Å². The summed E-state index contributed by atoms with van der Waals surface area (Å²) >= 11 is 0. The summed E-state index contributed by atoms with van der Waals surface area (Å²) < 4.78 is 2.02. The van der Waals surface area contributed by atoms with E-state index in [0.29, 0.717) is 11.6 Å². The van der Waals surface area contributed by atoms with Gasteiger partial charge in [0.25, 0.3) is 5.91 Å². The lowest BCUT2D eigenvalue weighted by Gasteiger charge is -2.26. The Kier molecular flexibility index (Phi) is 4.22. The molecule has 0 saturated heterocycles. The van der Waals surface area contributed by atoms with Crippen molar-refractivity contribution in [2.24, 2.45) is 0 Å². The van der Waals surface area contributed by atoms with E-state index in [0.717, 1.165) is 49.6 Å². The molecule has 0 aromatic carbocycles. The number of rotatable bonds is 3. The van der Waals surface area contributed by atoms with Crippen molar-refractivity contribution in [3.8, 4) is 0 Å². The van der Waals surface area contributed by atoms with Gasteiger partial charge in [0.1, 0.15) is 0 Å². The van der Waals surface area contributed by atoms with Crippen LogP contribution < -0.4 is 5.32 Å². The van der Waals surface area contributed by atoms with Gasteiger partial charge in [-0.3, -0.25) is 4.79 Å². The van der Waals surface area contributed by atoms with Gasteiger partial charge in [0.05, 0.1) is 23.9 Å². The zero-order valence-corrected chi connectivity index (χ0v) is 13.8. The second-order valence-electron chi connectivity index (χ2n) is 7.14. The second kappa shape index (κ2) is 6.51. The van der Waals surface area contributed by atoms with E-state index in [-0.39, 0.29) is 18.1 Å². The predicted molar refractivity (Wildman–Crippen MR) is 90.8 cm³/mol. The molecule has 2 fully saturated rings. The van der Waals surface area contributed by atoms with Crippen LogP contribution in [-0.4, -0.2) is 37.9 Å². The number of nitrogens with zero attached hydrogens (tertiary/aromatic N) is 3. The SMILES string of the molecule is O=C(NC1CCC(O)CC1)c1cnc2c(cnn2C2CCCC2)c1. The summed E-state index contributed by atoms with van der Waals surface area (Å²) in [5, 5.41) is 18.0. The molecule has 128 valence electrons. The van der Waals surface area contributed by atoms with Crippen LogP contribution in [0, 0.1) is 0 Å². The highest BCUT2D eigenvalue weighted by atomic mass is 16.3. The first-order valence-corrected chi connectivity index (χ1v) is 9.03. The lowest BCUT2D eigenvalue weighted by molar-refractivity contribution is 0.0867. The van der Waals surface area contributed by atoms with E-state index < -0.39 is 0 Å². The van der Waals surface area contributed by atoms with E-state index in [1.165, 1.54) is 12.8 Å². The van der Waals surface area contributed by atoms with Crippen LogP contribution >= 0.6 is 0 Å². The molecule has 2 aliphatic rings. The molecule has 4 rings (SSSR count). The lowest BCUT2D eigenvalue weighted by Crippen LogP contribution is -2.38. The molecule has 0 spiro atoms. The van der Waals surface area contributed by atoms with Crippen molar-refractivity contribution in [1.29, 1.82) is 0 Å². The van der Waals surface area contributed by atoms with Crippen molar-refractivity contribution in [2.75, 3.05) is 0 Å². The van der Waals surface area contributed by atoms with Crippen molar-refractivity contribution >= 4 is 16.9 Å². The molecule has 2 heterocycles. The van der Waals surface area contributed by atoms with Gasteiger partial charge in [0.15, 0.2) is 5.65 Å². The van der Waals surface area contributed by atoms with E-state index in [9.17, 15) is 9.90 Å². The number of hydrogen-bond donors (Lipinski definition) is 2. The quantitative estimate of drug-likeness (QED) is 0.907. The Bertz CT molecular complexity index is 728. The van der Waals surface area contributed by atoms with Crippen LogP contribution in [0.5, 0.6) is 0 Å². The van der Waals surface area contributed by atoms with Crippen molar-refractivity contribution < 1.29 is 9.90 Å². The topological polar surface area (TPSA) is 80.0 Å². The summed E-state index contributed by atoms with van der Waals surface area (Å²) in [4.78, 5) is 17.0. The minimum Gasteiger partial charge on any atom is -0.393 e. The highest BCUT2D eigenvalue weighted by Gasteiger charge is 2.23. The molecule has 0 bridgehead atoms. The third-order valence-electron chi connectivity index (χ3n) is 5.40. The molecule has 1 amide bonds. The number of hydrogen-bond acceptors (Lipinski definition) is 4. The average molecular weight is 328 g/mol. The smallest absolute Gasteiger partial charge is 0.253 e. The van der Waals surface area contributed by atoms with Gasteiger partial charge in [-0.05, 0) is 44.6 Å². The Hall–Kier alpha value is -1.95. The molecule has 24 heavy (non-hydrogen) atoms. The Morgan fingerprint density at radius 3 is 2.62 bits per heavy atom. The number of aromatic nitrogens is 3. The third kappa shape index (κ3) is 3.02. The van der Waals surface area contributed by atoms with Crippen LogP contribution in [-0.2, 0) is 0 Å². The molecular weight excluding hydrogens is 304 g/mol. The number of carbonyl (C=O) groups is 1. The summed E-state index contributed by atoms with van der Waals surface area (Å²) in [7, 11) is 0. The van der Waals surface area contributed by atoms with Crippen molar-refractivity contribution in [2.45, 2.75) is 69.6 Å². The van der Waals surface area contributed by atoms with Gasteiger partial charge in [-0.15, -0.1) is 0 Å². The van der Waals surface area contributed by atoms with Crippen LogP contribution in [0.3, 0.4) is 0 Å². The maximum atomic E-state index is 12.5. The second-order valence-corrected chi connectivity index (χ2v) is 7.14. The molecule has 0 unspecified atom stereocenters. The van der Waals surface area contributed by atoms with Crippen LogP contribution in [0.1, 0.15) is 67.8 Å². The number of aliphatic hydroxyl groups excluding tert-OH is 1. The van der Waals surface area contributed by atoms with Gasteiger partial charge in [-0.25, -0.2) is 9.67 Å². The fourth-order valence-corrected chi connectivity index (χ4v) is 3.97. The molecule has 2 aromatic heterocycles. The number of aliphatic hydroxyl groups is 1. The first kappa shape index (κ1) is 15.6. The molecule has 6 heteroatoms. The number of carbonyl (C=O) groups excluding carboxylic acids is 1. The number of nitrogens with one attached hydrogen (secondary N) is 1. The Balaban J connectivity index is 1.49. The predicted octanol–water partition coefficient (Wildman–Crippen LogP) is 2.58. The molecule has 0 atom stereocenters. The van der Waals surface area contributed by atoms with Gasteiger partial charge in [-0.1, -0.05) is 12.8 Å². The van der Waals surface area contributed by atoms with E-state index in [1.54, 1.807) is 6.20 Å². The maximum Gasteiger partial charge on any atom is 0.253 e. The summed E-state index contributed by atoms with van der Waals surface area (Å²) in [5.41, 5.74) is 1.46. The van der Waals surface area contributed by atoms with Gasteiger partial charge < -0.3 is 10.4 Å². The number of fused-ring (bicyclic) bond motifs is 1. The number of amides is 1. The Morgan fingerprint density at radius 2 is 1.88 bits per heavy atom. The van der Waals surface area contributed by atoms with E-state index in [1.807, 2.05) is 16.9 Å². The third-order valence-corrected chi connectivity index (χ3v) is 5.40. The van der Waals surface area contributed by atoms with Crippen LogP contribution in [0.15, 0.2) is 18.5 Å². The fraction of sp³-hybridized carbons (Fsp3) is 0.611. The van der Waals surface area contributed by atoms with Gasteiger partial charge in [-0.2, -0.15) is 5.10 Å². The Labute approximate surface area is 141 Å². The van der Waals surface area contributed by atoms with Crippen LogP contribution in [0.2, 0.25) is 0 Å². The highest BCUT2D eigenvalue weighted by Crippen LogP contribution is 2.31. The van der Waals surface area contributed by atoms with E-state index >= 15 is 0 Å². The maximum absolute atomic E-state index is 12.5. The molecule has 2 N–H and O–H groups in total. The molecule has 0 radical (unpaired) electrons. The fourth-order valence-electron chi connectivity index (χ4n) is 3.97. The zero-order chi connectivity index (χ0) is 16.5. The molecule has 2 aromatic rings. The van der Waals surface area contributed by atoms with Gasteiger partial charge in [0.2, 0.25) is 0 Å². The van der Waals surface area contributed by atoms with Gasteiger partial charge >= 0.3 is 0 Å². The van der Waals surface area contributed by atoms with Gasteiger partial charge in [0, 0.05) is 17.6 Å². The minimum atomic E-state index is -0.211. The monoisotopic (exact) mass is 328 g/mol. The molecular formula is C18H24N4O2. The van der Waals surface area contributed by atoms with E-state index in [2.05, 4.69) is 15.4 Å². The zero-order valence-electron chi connectivity index (χ0n) is 13.8. The molecule has 2 aliphatic carbocycles. The molecule has 2 saturated carbocycles. The first-order chi connectivity index (χ1) is 11.7. The van der Waals surface area contributed by atoms with Crippen LogP contribution in [0.25, 0.3) is 11.0 Å². The standard InChI is InChI=1S/C18H24N4O2/c23-16-7-5-14(6-8-16)21-18(24)13-9-12-11-20-22(17(12)19-10-13)15-3-1-2-4-15/h9-11,14-16,23H,1-8H2,(H,21,24). The first-order valence-electron chi connectivity index (χ1n) is 9.03. The normalized spacial score (nSPS) is 25.2. The summed E-state index contributed by atoms with van der Waals surface area (Å²) in [6.07, 6.45) is 11.3. The average Bonchev–Trinajstić information content (AvgIpc) is 3.25. The lowest BCUT2D eigenvalue weighted by atomic mass is 9.93. The van der Waals surface area contributed by atoms with Crippen molar-refractivity contribution in [3.63, 3.8) is 0 Å². The Morgan fingerprint density at radius 1 is 1.12 bits per heavy atom. The summed E-state index contributed by atoms with van der Waals surface area (Å²) in [6.45, 7) is 0. The number of pyridine rings is 1.